The number of anilines is 1. The summed E-state index contributed by atoms with van der Waals surface area (Å²) in [4.78, 5) is 0. The maximum absolute atomic E-state index is 11.3. The largest absolute Gasteiger partial charge is 0.394 e. The van der Waals surface area contributed by atoms with Crippen molar-refractivity contribution in [2.75, 3.05) is 12.3 Å². The van der Waals surface area contributed by atoms with Gasteiger partial charge >= 0.3 is 0 Å². The summed E-state index contributed by atoms with van der Waals surface area (Å²) in [6, 6.07) is 0. The summed E-state index contributed by atoms with van der Waals surface area (Å²) in [5.41, 5.74) is 6.78. The number of fused-ring (bicyclic) bond motifs is 1. The van der Waals surface area contributed by atoms with Gasteiger partial charge in [-0.05, 0) is 0 Å². The van der Waals surface area contributed by atoms with Gasteiger partial charge in [-0.2, -0.15) is 5.10 Å². The molecule has 0 saturated heterocycles. The van der Waals surface area contributed by atoms with Gasteiger partial charge in [0, 0.05) is 5.56 Å². The Bertz CT molecular complexity index is 463. The van der Waals surface area contributed by atoms with Gasteiger partial charge in [-0.3, -0.25) is 4.68 Å². The number of hydrogen-bond acceptors (Lipinski definition) is 5. The van der Waals surface area contributed by atoms with Crippen molar-refractivity contribution in [3.63, 3.8) is 0 Å². The van der Waals surface area contributed by atoms with Crippen LogP contribution in [0.25, 0.3) is 0 Å². The molecule has 0 aromatic carbocycles. The van der Waals surface area contributed by atoms with Crippen LogP contribution in [0.1, 0.15) is 11.3 Å². The van der Waals surface area contributed by atoms with Crippen molar-refractivity contribution >= 4 is 15.7 Å². The Hall–Kier alpha value is -1.08. The molecule has 14 heavy (non-hydrogen) atoms. The molecule has 0 fully saturated rings. The summed E-state index contributed by atoms with van der Waals surface area (Å²) < 4.78 is 24.1. The molecule has 0 unspecified atom stereocenters. The van der Waals surface area contributed by atoms with E-state index in [0.29, 0.717) is 11.3 Å². The molecule has 0 aliphatic carbocycles. The lowest BCUT2D eigenvalue weighted by Crippen LogP contribution is -2.09. The molecule has 1 aliphatic heterocycles. The van der Waals surface area contributed by atoms with Crippen LogP contribution in [0.4, 0.5) is 5.82 Å². The van der Waals surface area contributed by atoms with Crippen LogP contribution in [0.5, 0.6) is 0 Å². The lowest BCUT2D eigenvalue weighted by molar-refractivity contribution is 0.268. The molecule has 2 rings (SSSR count). The molecule has 3 N–H and O–H groups in total. The highest BCUT2D eigenvalue weighted by Crippen LogP contribution is 2.29. The molecule has 1 aromatic heterocycles. The monoisotopic (exact) mass is 217 g/mol. The van der Waals surface area contributed by atoms with E-state index in [9.17, 15) is 8.42 Å². The van der Waals surface area contributed by atoms with Gasteiger partial charge in [0.05, 0.1) is 30.4 Å². The number of hydrogen-bond donors (Lipinski definition) is 2. The Kier molecular flexibility index (Phi) is 2.00. The van der Waals surface area contributed by atoms with Gasteiger partial charge in [0.1, 0.15) is 5.82 Å². The van der Waals surface area contributed by atoms with Gasteiger partial charge in [-0.15, -0.1) is 0 Å². The zero-order chi connectivity index (χ0) is 10.3. The Balaban J connectivity index is 2.47. The topological polar surface area (TPSA) is 98.2 Å². The Morgan fingerprint density at radius 3 is 2.86 bits per heavy atom. The second kappa shape index (κ2) is 2.96. The van der Waals surface area contributed by atoms with Crippen LogP contribution in [-0.4, -0.2) is 29.9 Å². The average Bonchev–Trinajstić information content (AvgIpc) is 2.51. The number of nitrogen functional groups attached to an aromatic ring is 1. The van der Waals surface area contributed by atoms with Gasteiger partial charge in [-0.25, -0.2) is 8.42 Å². The van der Waals surface area contributed by atoms with Crippen molar-refractivity contribution < 1.29 is 13.5 Å². The SMILES string of the molecule is Nc1nn(CCO)c2c1CS(=O)(=O)C2. The van der Waals surface area contributed by atoms with E-state index >= 15 is 0 Å². The predicted octanol–water partition coefficient (Wildman–Crippen LogP) is -1.11. The molecule has 0 saturated carbocycles. The normalized spacial score (nSPS) is 18.4. The van der Waals surface area contributed by atoms with Crippen LogP contribution in [0.3, 0.4) is 0 Å². The molecule has 0 bridgehead atoms. The summed E-state index contributed by atoms with van der Waals surface area (Å²) in [5.74, 6) is 0.209. The molecule has 0 atom stereocenters. The van der Waals surface area contributed by atoms with Crippen LogP contribution < -0.4 is 5.73 Å². The first-order chi connectivity index (χ1) is 6.53. The minimum atomic E-state index is -3.05. The Labute approximate surface area is 81.3 Å². The molecular weight excluding hydrogens is 206 g/mol. The Morgan fingerprint density at radius 2 is 2.21 bits per heavy atom. The van der Waals surface area contributed by atoms with Gasteiger partial charge in [0.2, 0.25) is 0 Å². The smallest absolute Gasteiger partial charge is 0.160 e. The summed E-state index contributed by atoms with van der Waals surface area (Å²) >= 11 is 0. The zero-order valence-electron chi connectivity index (χ0n) is 7.47. The molecular formula is C7H11N3O3S. The lowest BCUT2D eigenvalue weighted by Gasteiger charge is -2.00. The summed E-state index contributed by atoms with van der Waals surface area (Å²) in [5, 5.41) is 12.7. The molecule has 6 nitrogen and oxygen atoms in total. The fourth-order valence-electron chi connectivity index (χ4n) is 1.63. The molecule has 0 amide bonds. The van der Waals surface area contributed by atoms with Crippen LogP contribution in [-0.2, 0) is 27.9 Å². The second-order valence-electron chi connectivity index (χ2n) is 3.29. The quantitative estimate of drug-likeness (QED) is 0.654. The standard InChI is InChI=1S/C7H11N3O3S/c8-7-5-3-14(12,13)4-6(5)10(9-7)1-2-11/h11H,1-4H2,(H2,8,9). The predicted molar refractivity (Wildman–Crippen MR) is 50.1 cm³/mol. The highest BCUT2D eigenvalue weighted by Gasteiger charge is 2.31. The first-order valence-corrected chi connectivity index (χ1v) is 6.01. The minimum absolute atomic E-state index is 0.0213. The van der Waals surface area contributed by atoms with Crippen molar-refractivity contribution in [3.8, 4) is 0 Å². The van der Waals surface area contributed by atoms with E-state index in [-0.39, 0.29) is 30.5 Å². The van der Waals surface area contributed by atoms with E-state index in [1.807, 2.05) is 0 Å². The highest BCUT2D eigenvalue weighted by molar-refractivity contribution is 7.90. The molecule has 0 radical (unpaired) electrons. The molecule has 78 valence electrons. The van der Waals surface area contributed by atoms with Crippen LogP contribution in [0.15, 0.2) is 0 Å². The van der Waals surface area contributed by atoms with Crippen molar-refractivity contribution in [2.24, 2.45) is 0 Å². The van der Waals surface area contributed by atoms with E-state index in [4.69, 9.17) is 10.8 Å². The number of sulfone groups is 1. The number of rotatable bonds is 2. The second-order valence-corrected chi connectivity index (χ2v) is 5.35. The maximum Gasteiger partial charge on any atom is 0.160 e. The first kappa shape index (κ1) is 9.47. The molecule has 2 heterocycles. The number of nitrogens with two attached hydrogens (primary N) is 1. The fraction of sp³-hybridized carbons (Fsp3) is 0.571. The highest BCUT2D eigenvalue weighted by atomic mass is 32.2. The van der Waals surface area contributed by atoms with Crippen molar-refractivity contribution in [1.29, 1.82) is 0 Å². The first-order valence-electron chi connectivity index (χ1n) is 4.19. The third-order valence-electron chi connectivity index (χ3n) is 2.23. The summed E-state index contributed by atoms with van der Waals surface area (Å²) in [6.07, 6.45) is 0. The summed E-state index contributed by atoms with van der Waals surface area (Å²) in [6.45, 7) is 0.211. The third-order valence-corrected chi connectivity index (χ3v) is 3.67. The van der Waals surface area contributed by atoms with Crippen molar-refractivity contribution in [3.05, 3.63) is 11.3 Å². The van der Waals surface area contributed by atoms with Gasteiger partial charge < -0.3 is 10.8 Å². The van der Waals surface area contributed by atoms with E-state index in [1.165, 1.54) is 4.68 Å². The maximum atomic E-state index is 11.3. The summed E-state index contributed by atoms with van der Waals surface area (Å²) in [7, 11) is -3.05. The van der Waals surface area contributed by atoms with E-state index in [0.717, 1.165) is 0 Å². The number of nitrogens with zero attached hydrogens (tertiary/aromatic N) is 2. The van der Waals surface area contributed by atoms with Crippen LogP contribution >= 0.6 is 0 Å². The average molecular weight is 217 g/mol. The van der Waals surface area contributed by atoms with E-state index < -0.39 is 9.84 Å². The van der Waals surface area contributed by atoms with Crippen molar-refractivity contribution in [2.45, 2.75) is 18.1 Å². The fourth-order valence-corrected chi connectivity index (χ4v) is 3.23. The van der Waals surface area contributed by atoms with E-state index in [2.05, 4.69) is 5.10 Å². The molecule has 1 aromatic rings. The molecule has 1 aliphatic rings. The Morgan fingerprint density at radius 1 is 1.50 bits per heavy atom. The number of aliphatic hydroxyl groups excluding tert-OH is 1. The zero-order valence-corrected chi connectivity index (χ0v) is 8.29. The van der Waals surface area contributed by atoms with Gasteiger partial charge in [-0.1, -0.05) is 0 Å². The van der Waals surface area contributed by atoms with Crippen LogP contribution in [0, 0.1) is 0 Å². The van der Waals surface area contributed by atoms with E-state index in [1.54, 1.807) is 0 Å². The molecule has 0 spiro atoms. The minimum Gasteiger partial charge on any atom is -0.394 e. The molecule has 7 heteroatoms. The lowest BCUT2D eigenvalue weighted by atomic mass is 10.3. The van der Waals surface area contributed by atoms with Crippen LogP contribution in [0.2, 0.25) is 0 Å². The van der Waals surface area contributed by atoms with Gasteiger partial charge in [0.25, 0.3) is 0 Å². The van der Waals surface area contributed by atoms with Crippen molar-refractivity contribution in [1.82, 2.24) is 9.78 Å². The number of aromatic nitrogens is 2. The third kappa shape index (κ3) is 1.38. The number of aliphatic hydroxyl groups is 1. The van der Waals surface area contributed by atoms with Gasteiger partial charge in [0.15, 0.2) is 9.84 Å².